The summed E-state index contributed by atoms with van der Waals surface area (Å²) in [5.74, 6) is -0.789. The van der Waals surface area contributed by atoms with E-state index in [-0.39, 0.29) is 6.42 Å². The zero-order valence-corrected chi connectivity index (χ0v) is 15.6. The summed E-state index contributed by atoms with van der Waals surface area (Å²) in [4.78, 5) is 0. The van der Waals surface area contributed by atoms with Gasteiger partial charge in [-0.1, -0.05) is 19.3 Å². The zero-order valence-electron chi connectivity index (χ0n) is 19.6. The Morgan fingerprint density at radius 1 is 0.893 bits per heavy atom. The number of benzene rings is 2. The van der Waals surface area contributed by atoms with E-state index in [1.54, 1.807) is 48.5 Å². The first kappa shape index (κ1) is 16.2. The number of hydrogen-bond donors (Lipinski definition) is 2. The van der Waals surface area contributed by atoms with E-state index in [2.05, 4.69) is 10.2 Å². The normalized spacial score (nSPS) is 14.2. The van der Waals surface area contributed by atoms with Crippen LogP contribution in [0.15, 0.2) is 58.8 Å². The van der Waals surface area contributed by atoms with Gasteiger partial charge < -0.3 is 14.9 Å². The van der Waals surface area contributed by atoms with Gasteiger partial charge in [0.05, 0.1) is 35.1 Å². The zero-order chi connectivity index (χ0) is 23.6. The number of azo groups is 1. The van der Waals surface area contributed by atoms with E-state index in [0.29, 0.717) is 42.1 Å². The Morgan fingerprint density at radius 3 is 2.04 bits per heavy atom. The molecule has 6 nitrogen and oxygen atoms in total. The Kier molecular flexibility index (Phi) is 7.30. The molecule has 2 aromatic carbocycles. The summed E-state index contributed by atoms with van der Waals surface area (Å²) in [6.45, 7) is -5.04. The molecule has 0 aromatic heterocycles. The fourth-order valence-corrected chi connectivity index (χ4v) is 2.48. The molecule has 0 radical (unpaired) electrons. The second kappa shape index (κ2) is 12.6. The van der Waals surface area contributed by atoms with Gasteiger partial charge >= 0.3 is 0 Å². The van der Waals surface area contributed by atoms with Crippen LogP contribution in [0.4, 0.5) is 11.4 Å². The van der Waals surface area contributed by atoms with E-state index in [1.807, 2.05) is 6.07 Å². The van der Waals surface area contributed by atoms with Gasteiger partial charge in [-0.05, 0) is 61.4 Å². The maximum Gasteiger partial charge on any atom is 0.119 e. The summed E-state index contributed by atoms with van der Waals surface area (Å²) in [5.41, 5.74) is 1.89. The topological polar surface area (TPSA) is 98.2 Å². The SMILES string of the molecule is [2H]C([2H])(O)C(CCCCCCOc1ccc(N=Nc2ccc(C#N)cc2)cc1)C([2H])([2H])O. The molecule has 0 spiro atoms. The van der Waals surface area contributed by atoms with Crippen molar-refractivity contribution in [3.63, 3.8) is 0 Å². The van der Waals surface area contributed by atoms with Crippen molar-refractivity contribution in [2.24, 2.45) is 16.1 Å². The predicted molar refractivity (Wildman–Crippen MR) is 108 cm³/mol. The van der Waals surface area contributed by atoms with E-state index < -0.39 is 19.0 Å². The van der Waals surface area contributed by atoms with Crippen LogP contribution in [0.2, 0.25) is 0 Å². The standard InChI is InChI=1S/C22H27N3O3/c23-15-18-6-8-20(9-7-18)24-25-21-10-12-22(13-11-21)28-14-4-2-1-3-5-19(16-26)17-27/h6-13,19,26-27H,1-5,14,16-17H2/i16D2,17D2. The molecule has 0 heterocycles. The highest BCUT2D eigenvalue weighted by Crippen LogP contribution is 2.22. The third kappa shape index (κ3) is 7.87. The smallest absolute Gasteiger partial charge is 0.119 e. The second-order valence-corrected chi connectivity index (χ2v) is 6.21. The van der Waals surface area contributed by atoms with E-state index in [9.17, 15) is 10.2 Å². The fourth-order valence-electron chi connectivity index (χ4n) is 2.48. The number of ether oxygens (including phenoxy) is 1. The average molecular weight is 386 g/mol. The molecule has 0 unspecified atom stereocenters. The van der Waals surface area contributed by atoms with E-state index in [0.717, 1.165) is 12.8 Å². The van der Waals surface area contributed by atoms with Crippen LogP contribution in [0.3, 0.4) is 0 Å². The molecule has 0 aliphatic rings. The Morgan fingerprint density at radius 2 is 1.46 bits per heavy atom. The third-order valence-corrected chi connectivity index (χ3v) is 4.08. The van der Waals surface area contributed by atoms with Gasteiger partial charge in [-0.15, -0.1) is 0 Å². The molecule has 2 aromatic rings. The van der Waals surface area contributed by atoms with Crippen LogP contribution < -0.4 is 4.74 Å². The van der Waals surface area contributed by atoms with Crippen LogP contribution in [0.25, 0.3) is 0 Å². The number of aliphatic hydroxyl groups is 2. The molecule has 0 atom stereocenters. The number of nitrogens with zero attached hydrogens (tertiary/aromatic N) is 3. The number of unbranched alkanes of at least 4 members (excludes halogenated alkanes) is 3. The summed E-state index contributed by atoms with van der Waals surface area (Å²) in [5, 5.41) is 35.9. The lowest BCUT2D eigenvalue weighted by molar-refractivity contribution is 0.141. The van der Waals surface area contributed by atoms with Gasteiger partial charge in [0.25, 0.3) is 0 Å². The van der Waals surface area contributed by atoms with E-state index in [4.69, 9.17) is 15.5 Å². The quantitative estimate of drug-likeness (QED) is 0.401. The van der Waals surface area contributed by atoms with Gasteiger partial charge in [0.15, 0.2) is 0 Å². The molecule has 2 N–H and O–H groups in total. The van der Waals surface area contributed by atoms with Crippen LogP contribution in [0.1, 0.15) is 43.2 Å². The molecule has 28 heavy (non-hydrogen) atoms. The van der Waals surface area contributed by atoms with E-state index in [1.165, 1.54) is 0 Å². The third-order valence-electron chi connectivity index (χ3n) is 4.08. The number of rotatable bonds is 12. The average Bonchev–Trinajstić information content (AvgIpc) is 2.73. The van der Waals surface area contributed by atoms with Crippen molar-refractivity contribution in [1.82, 2.24) is 0 Å². The Balaban J connectivity index is 1.67. The lowest BCUT2D eigenvalue weighted by Crippen LogP contribution is -2.10. The summed E-state index contributed by atoms with van der Waals surface area (Å²) in [6.07, 6.45) is 2.81. The molecule has 2 rings (SSSR count). The van der Waals surface area contributed by atoms with Gasteiger partial charge in [-0.3, -0.25) is 0 Å². The number of nitriles is 1. The molecule has 0 saturated heterocycles. The molecular formula is C22H27N3O3. The van der Waals surface area contributed by atoms with Crippen LogP contribution in [0, 0.1) is 17.2 Å². The van der Waals surface area contributed by atoms with Gasteiger partial charge in [0, 0.05) is 19.0 Å². The highest BCUT2D eigenvalue weighted by atomic mass is 16.5. The molecule has 0 fully saturated rings. The molecule has 0 bridgehead atoms. The van der Waals surface area contributed by atoms with Crippen molar-refractivity contribution >= 4 is 11.4 Å². The predicted octanol–water partition coefficient (Wildman–Crippen LogP) is 4.90. The van der Waals surface area contributed by atoms with Gasteiger partial charge in [-0.2, -0.15) is 15.5 Å². The van der Waals surface area contributed by atoms with Gasteiger partial charge in [0.2, 0.25) is 0 Å². The van der Waals surface area contributed by atoms with Crippen LogP contribution in [-0.4, -0.2) is 29.9 Å². The first-order valence-corrected chi connectivity index (χ1v) is 9.19. The number of hydrogen-bond acceptors (Lipinski definition) is 6. The van der Waals surface area contributed by atoms with Crippen molar-refractivity contribution in [3.05, 3.63) is 54.1 Å². The summed E-state index contributed by atoms with van der Waals surface area (Å²) in [7, 11) is 0. The lowest BCUT2D eigenvalue weighted by Gasteiger charge is -2.10. The highest BCUT2D eigenvalue weighted by Gasteiger charge is 2.04. The van der Waals surface area contributed by atoms with Crippen molar-refractivity contribution < 1.29 is 20.4 Å². The van der Waals surface area contributed by atoms with E-state index >= 15 is 0 Å². The minimum atomic E-state index is -2.77. The molecule has 148 valence electrons. The van der Waals surface area contributed by atoms with Gasteiger partial charge in [0.1, 0.15) is 5.75 Å². The largest absolute Gasteiger partial charge is 0.494 e. The second-order valence-electron chi connectivity index (χ2n) is 6.21. The minimum absolute atomic E-state index is 0.0480. The highest BCUT2D eigenvalue weighted by molar-refractivity contribution is 5.44. The molecule has 0 aliphatic heterocycles. The van der Waals surface area contributed by atoms with Crippen molar-refractivity contribution in [3.8, 4) is 11.8 Å². The van der Waals surface area contributed by atoms with Gasteiger partial charge in [-0.25, -0.2) is 0 Å². The minimum Gasteiger partial charge on any atom is -0.494 e. The summed E-state index contributed by atoms with van der Waals surface area (Å²) < 4.78 is 34.7. The fraction of sp³-hybridized carbons (Fsp3) is 0.409. The lowest BCUT2D eigenvalue weighted by atomic mass is 10.0. The van der Waals surface area contributed by atoms with Crippen LogP contribution >= 0.6 is 0 Å². The van der Waals surface area contributed by atoms with Crippen molar-refractivity contribution in [2.75, 3.05) is 19.7 Å². The first-order chi connectivity index (χ1) is 15.1. The van der Waals surface area contributed by atoms with Crippen molar-refractivity contribution in [1.29, 1.82) is 5.26 Å². The Hall–Kier alpha value is -2.75. The summed E-state index contributed by atoms with van der Waals surface area (Å²) in [6, 6.07) is 16.0. The maximum absolute atomic E-state index is 9.40. The Bertz CT molecular complexity index is 888. The van der Waals surface area contributed by atoms with Crippen LogP contribution in [0.5, 0.6) is 5.75 Å². The molecule has 0 saturated carbocycles. The monoisotopic (exact) mass is 385 g/mol. The maximum atomic E-state index is 9.40. The molecular weight excluding hydrogens is 354 g/mol. The Labute approximate surface area is 171 Å². The molecule has 0 aliphatic carbocycles. The van der Waals surface area contributed by atoms with Crippen molar-refractivity contribution in [2.45, 2.75) is 32.1 Å². The molecule has 6 heteroatoms. The van der Waals surface area contributed by atoms with Crippen LogP contribution in [-0.2, 0) is 0 Å². The first-order valence-electron chi connectivity index (χ1n) is 11.2. The summed E-state index contributed by atoms with van der Waals surface area (Å²) >= 11 is 0. The molecule has 0 amide bonds.